The topological polar surface area (TPSA) is 67.2 Å². The van der Waals surface area contributed by atoms with Crippen LogP contribution in [0.25, 0.3) is 11.8 Å². The monoisotopic (exact) mass is 606 g/mol. The molecular weight excluding hydrogens is 573 g/mol. The van der Waals surface area contributed by atoms with E-state index in [0.29, 0.717) is 31.0 Å². The first-order valence-corrected chi connectivity index (χ1v) is 16.4. The van der Waals surface area contributed by atoms with Gasteiger partial charge in [-0.2, -0.15) is 0 Å². The van der Waals surface area contributed by atoms with Gasteiger partial charge in [-0.25, -0.2) is 4.98 Å². The van der Waals surface area contributed by atoms with Crippen LogP contribution in [-0.2, 0) is 12.2 Å². The van der Waals surface area contributed by atoms with E-state index in [1.807, 2.05) is 58.8 Å². The second-order valence-electron chi connectivity index (χ2n) is 10.5. The maximum absolute atomic E-state index is 13.3. The summed E-state index contributed by atoms with van der Waals surface area (Å²) in [6, 6.07) is 29.0. The molecule has 0 unspecified atom stereocenters. The maximum atomic E-state index is 13.3. The van der Waals surface area contributed by atoms with Gasteiger partial charge in [0, 0.05) is 44.5 Å². The number of piperazine rings is 1. The van der Waals surface area contributed by atoms with E-state index in [1.165, 1.54) is 22.5 Å². The first-order chi connectivity index (χ1) is 21.1. The van der Waals surface area contributed by atoms with Crippen LogP contribution < -0.4 is 0 Å². The van der Waals surface area contributed by atoms with E-state index in [2.05, 4.69) is 75.1 Å². The molecule has 0 atom stereocenters. The summed E-state index contributed by atoms with van der Waals surface area (Å²) in [6.07, 6.45) is 5.04. The zero-order chi connectivity index (χ0) is 29.4. The number of thioether (sulfide) groups is 1. The zero-order valence-corrected chi connectivity index (χ0v) is 25.8. The molecule has 0 bridgehead atoms. The molecule has 218 valence electrons. The van der Waals surface area contributed by atoms with Gasteiger partial charge in [0.1, 0.15) is 16.5 Å². The summed E-state index contributed by atoms with van der Waals surface area (Å²) in [5.74, 6) is 1.53. The van der Waals surface area contributed by atoms with Gasteiger partial charge in [-0.15, -0.1) is 21.5 Å². The van der Waals surface area contributed by atoms with Crippen molar-refractivity contribution in [2.24, 2.45) is 0 Å². The number of nitrogens with zero attached hydrogens (tertiary/aromatic N) is 6. The van der Waals surface area contributed by atoms with Gasteiger partial charge in [-0.3, -0.25) is 14.3 Å². The van der Waals surface area contributed by atoms with E-state index < -0.39 is 0 Å². The van der Waals surface area contributed by atoms with Crippen LogP contribution in [0.4, 0.5) is 0 Å². The molecule has 1 aliphatic rings. The van der Waals surface area contributed by atoms with E-state index in [1.54, 1.807) is 11.8 Å². The van der Waals surface area contributed by atoms with Crippen molar-refractivity contribution in [3.63, 3.8) is 0 Å². The van der Waals surface area contributed by atoms with Gasteiger partial charge in [0.2, 0.25) is 0 Å². The van der Waals surface area contributed by atoms with Crippen molar-refractivity contribution in [3.8, 4) is 5.69 Å². The summed E-state index contributed by atoms with van der Waals surface area (Å²) in [6.45, 7) is 6.13. The normalized spacial score (nSPS) is 14.0. The quantitative estimate of drug-likeness (QED) is 0.172. The number of hydrogen-bond acceptors (Lipinski definition) is 7. The number of carbonyl (C=O) groups excluding carboxylic acids is 1. The van der Waals surface area contributed by atoms with Gasteiger partial charge in [0.05, 0.1) is 11.4 Å². The Hall–Kier alpha value is -4.05. The fraction of sp³-hybridized carbons (Fsp3) is 0.235. The van der Waals surface area contributed by atoms with Crippen LogP contribution in [0.15, 0.2) is 102 Å². The number of amides is 1. The lowest BCUT2D eigenvalue weighted by molar-refractivity contribution is 0.0645. The fourth-order valence-corrected chi connectivity index (χ4v) is 6.89. The van der Waals surface area contributed by atoms with Crippen LogP contribution in [0, 0.1) is 6.92 Å². The number of benzene rings is 3. The third kappa shape index (κ3) is 7.30. The number of carbonyl (C=O) groups is 1. The van der Waals surface area contributed by atoms with Gasteiger partial charge in [0.15, 0.2) is 5.16 Å². The van der Waals surface area contributed by atoms with Gasteiger partial charge in [-0.05, 0) is 29.7 Å². The highest BCUT2D eigenvalue weighted by Crippen LogP contribution is 2.29. The molecule has 2 aromatic heterocycles. The lowest BCUT2D eigenvalue weighted by atomic mass is 10.1. The first-order valence-electron chi connectivity index (χ1n) is 14.5. The van der Waals surface area contributed by atoms with E-state index in [-0.39, 0.29) is 5.91 Å². The minimum Gasteiger partial charge on any atom is -0.335 e. The summed E-state index contributed by atoms with van der Waals surface area (Å²) in [5, 5.41) is 12.8. The van der Waals surface area contributed by atoms with E-state index >= 15 is 0 Å². The van der Waals surface area contributed by atoms with Crippen molar-refractivity contribution < 1.29 is 4.79 Å². The Balaban J connectivity index is 1.07. The molecule has 1 saturated heterocycles. The molecule has 5 aromatic rings. The summed E-state index contributed by atoms with van der Waals surface area (Å²) in [7, 11) is 0. The fourth-order valence-electron chi connectivity index (χ4n) is 5.14. The van der Waals surface area contributed by atoms with Gasteiger partial charge in [0.25, 0.3) is 5.91 Å². The zero-order valence-electron chi connectivity index (χ0n) is 24.2. The third-order valence-corrected chi connectivity index (χ3v) is 9.46. The van der Waals surface area contributed by atoms with E-state index in [0.717, 1.165) is 46.9 Å². The second kappa shape index (κ2) is 13.9. The van der Waals surface area contributed by atoms with Crippen molar-refractivity contribution in [1.82, 2.24) is 29.5 Å². The number of aromatic nitrogens is 4. The summed E-state index contributed by atoms with van der Waals surface area (Å²) in [4.78, 5) is 22.3. The molecule has 7 nitrogen and oxygen atoms in total. The van der Waals surface area contributed by atoms with Gasteiger partial charge < -0.3 is 4.90 Å². The summed E-state index contributed by atoms with van der Waals surface area (Å²) >= 11 is 3.13. The highest BCUT2D eigenvalue weighted by molar-refractivity contribution is 7.98. The van der Waals surface area contributed by atoms with Crippen LogP contribution in [0.2, 0.25) is 0 Å². The van der Waals surface area contributed by atoms with Gasteiger partial charge >= 0.3 is 0 Å². The van der Waals surface area contributed by atoms with Gasteiger partial charge in [-0.1, -0.05) is 103 Å². The van der Waals surface area contributed by atoms with Crippen molar-refractivity contribution in [1.29, 1.82) is 0 Å². The predicted molar refractivity (Wildman–Crippen MR) is 175 cm³/mol. The molecule has 0 aliphatic carbocycles. The third-order valence-electron chi connectivity index (χ3n) is 7.49. The van der Waals surface area contributed by atoms with Crippen LogP contribution in [-0.4, -0.2) is 68.2 Å². The smallest absolute Gasteiger partial charge is 0.273 e. The number of thiazole rings is 1. The SMILES string of the molecule is Cc1ccccc1-n1c(Cc2ccccc2)nnc1SCc1nc(C(=O)N2CCN(CC=Cc3ccccc3)CC2)cs1. The van der Waals surface area contributed by atoms with Crippen molar-refractivity contribution in [2.75, 3.05) is 32.7 Å². The molecule has 1 amide bonds. The minimum atomic E-state index is 0.0141. The minimum absolute atomic E-state index is 0.0141. The first kappa shape index (κ1) is 29.0. The molecular formula is C34H34N6OS2. The lowest BCUT2D eigenvalue weighted by Crippen LogP contribution is -2.48. The molecule has 6 rings (SSSR count). The molecule has 43 heavy (non-hydrogen) atoms. The average molecular weight is 607 g/mol. The maximum Gasteiger partial charge on any atom is 0.273 e. The van der Waals surface area contributed by atoms with E-state index in [9.17, 15) is 4.79 Å². The van der Waals surface area contributed by atoms with Crippen LogP contribution >= 0.6 is 23.1 Å². The number of hydrogen-bond donors (Lipinski definition) is 0. The molecule has 0 radical (unpaired) electrons. The highest BCUT2D eigenvalue weighted by Gasteiger charge is 2.24. The number of aryl methyl sites for hydroxylation is 1. The lowest BCUT2D eigenvalue weighted by Gasteiger charge is -2.33. The van der Waals surface area contributed by atoms with Crippen LogP contribution in [0.5, 0.6) is 0 Å². The Morgan fingerprint density at radius 3 is 2.40 bits per heavy atom. The summed E-state index contributed by atoms with van der Waals surface area (Å²) < 4.78 is 2.15. The highest BCUT2D eigenvalue weighted by atomic mass is 32.2. The molecule has 1 fully saturated rings. The number of para-hydroxylation sites is 1. The standard InChI is InChI=1S/C34H34N6OS2/c1-26-11-8-9-17-30(26)40-31(23-28-14-6-3-7-15-28)36-37-34(40)43-25-32-35-29(24-42-32)33(41)39-21-19-38(20-22-39)18-10-16-27-12-4-2-5-13-27/h2-17,24H,18-23,25H2,1H3. The largest absolute Gasteiger partial charge is 0.335 e. The predicted octanol–water partition coefficient (Wildman–Crippen LogP) is 6.39. The van der Waals surface area contributed by atoms with Crippen LogP contribution in [0.1, 0.15) is 38.0 Å². The second-order valence-corrected chi connectivity index (χ2v) is 12.4. The Morgan fingerprint density at radius 1 is 0.907 bits per heavy atom. The molecule has 0 N–H and O–H groups in total. The van der Waals surface area contributed by atoms with Crippen molar-refractivity contribution in [2.45, 2.75) is 24.3 Å². The Morgan fingerprint density at radius 2 is 1.63 bits per heavy atom. The van der Waals surface area contributed by atoms with Crippen molar-refractivity contribution >= 4 is 35.1 Å². The number of rotatable bonds is 10. The molecule has 9 heteroatoms. The van der Waals surface area contributed by atoms with Crippen LogP contribution in [0.3, 0.4) is 0 Å². The molecule has 1 aliphatic heterocycles. The molecule has 3 aromatic carbocycles. The average Bonchev–Trinajstić information content (AvgIpc) is 3.68. The summed E-state index contributed by atoms with van der Waals surface area (Å²) in [5.41, 5.74) is 5.16. The molecule has 0 spiro atoms. The molecule has 0 saturated carbocycles. The van der Waals surface area contributed by atoms with Crippen molar-refractivity contribution in [3.05, 3.63) is 130 Å². The Labute approximate surface area is 260 Å². The van der Waals surface area contributed by atoms with E-state index in [4.69, 9.17) is 4.98 Å². The molecule has 3 heterocycles. The Bertz CT molecular complexity index is 1670. The Kier molecular flexibility index (Phi) is 9.42.